The first-order chi connectivity index (χ1) is 10.1. The highest BCUT2D eigenvalue weighted by Gasteiger charge is 2.07. The van der Waals surface area contributed by atoms with Crippen LogP contribution < -0.4 is 4.74 Å². The van der Waals surface area contributed by atoms with Crippen LogP contribution in [0.15, 0.2) is 55.1 Å². The number of carbonyl (C=O) groups excluding carboxylic acids is 1. The Morgan fingerprint density at radius 1 is 1.24 bits per heavy atom. The summed E-state index contributed by atoms with van der Waals surface area (Å²) in [6.45, 7) is 5.52. The predicted molar refractivity (Wildman–Crippen MR) is 83.1 cm³/mol. The average Bonchev–Trinajstić information content (AvgIpc) is 2.51. The number of hydrogen-bond acceptors (Lipinski definition) is 3. The van der Waals surface area contributed by atoms with Crippen molar-refractivity contribution in [2.75, 3.05) is 0 Å². The summed E-state index contributed by atoms with van der Waals surface area (Å²) in [5.74, 6) is 1.14. The number of ketones is 1. The highest BCUT2D eigenvalue weighted by atomic mass is 16.5. The maximum Gasteiger partial charge on any atom is 0.169 e. The molecule has 3 heteroatoms. The van der Waals surface area contributed by atoms with Crippen LogP contribution in [0.1, 0.15) is 29.3 Å². The number of benzene rings is 2. The van der Waals surface area contributed by atoms with Crippen molar-refractivity contribution in [3.05, 3.63) is 66.2 Å². The number of Topliss-reactive ketones (excluding diaryl/α,β-unsaturated/α-hetero) is 1. The van der Waals surface area contributed by atoms with Crippen molar-refractivity contribution in [3.63, 3.8) is 0 Å². The third kappa shape index (κ3) is 3.72. The normalized spacial score (nSPS) is 10.1. The van der Waals surface area contributed by atoms with Gasteiger partial charge in [-0.1, -0.05) is 19.1 Å². The molecule has 0 amide bonds. The van der Waals surface area contributed by atoms with Gasteiger partial charge in [0.2, 0.25) is 0 Å². The highest BCUT2D eigenvalue weighted by Crippen LogP contribution is 2.31. The molecule has 0 spiro atoms. The Balaban J connectivity index is 2.19. The first-order valence-electron chi connectivity index (χ1n) is 6.88. The molecule has 2 rings (SSSR count). The van der Waals surface area contributed by atoms with Gasteiger partial charge in [0, 0.05) is 12.0 Å². The molecule has 3 nitrogen and oxygen atoms in total. The van der Waals surface area contributed by atoms with Crippen molar-refractivity contribution < 1.29 is 14.6 Å². The van der Waals surface area contributed by atoms with Crippen LogP contribution in [0, 0.1) is 0 Å². The molecule has 1 N–H and O–H groups in total. The van der Waals surface area contributed by atoms with Crippen molar-refractivity contribution >= 4 is 5.78 Å². The number of hydrogen-bond donors (Lipinski definition) is 1. The molecule has 0 atom stereocenters. The zero-order valence-corrected chi connectivity index (χ0v) is 12.0. The molecule has 0 aliphatic heterocycles. The van der Waals surface area contributed by atoms with Gasteiger partial charge >= 0.3 is 0 Å². The van der Waals surface area contributed by atoms with E-state index in [9.17, 15) is 9.90 Å². The van der Waals surface area contributed by atoms with Gasteiger partial charge in [0.1, 0.15) is 5.75 Å². The van der Waals surface area contributed by atoms with Gasteiger partial charge in [-0.15, -0.1) is 6.58 Å². The lowest BCUT2D eigenvalue weighted by atomic mass is 10.1. The van der Waals surface area contributed by atoms with Gasteiger partial charge in [-0.2, -0.15) is 0 Å². The number of phenolic OH excluding ortho intramolecular Hbond substituents is 1. The van der Waals surface area contributed by atoms with E-state index < -0.39 is 0 Å². The Kier molecular flexibility index (Phi) is 4.77. The Morgan fingerprint density at radius 3 is 2.57 bits per heavy atom. The van der Waals surface area contributed by atoms with Gasteiger partial charge in [-0.25, -0.2) is 0 Å². The summed E-state index contributed by atoms with van der Waals surface area (Å²) in [7, 11) is 0. The second-order valence-electron chi connectivity index (χ2n) is 4.70. The maximum atomic E-state index is 11.6. The SMILES string of the molecule is C=CCc1ccc(O)c(Oc2ccc(C(=O)CC)cc2)c1. The molecular weight excluding hydrogens is 264 g/mol. The van der Waals surface area contributed by atoms with Crippen molar-refractivity contribution in [1.82, 2.24) is 0 Å². The van der Waals surface area contributed by atoms with Crippen LogP contribution in [-0.2, 0) is 6.42 Å². The molecule has 0 unspecified atom stereocenters. The predicted octanol–water partition coefficient (Wildman–Crippen LogP) is 4.51. The fraction of sp³-hybridized carbons (Fsp3) is 0.167. The summed E-state index contributed by atoms with van der Waals surface area (Å²) in [4.78, 5) is 11.6. The number of rotatable bonds is 6. The number of carbonyl (C=O) groups is 1. The maximum absolute atomic E-state index is 11.6. The van der Waals surface area contributed by atoms with Crippen LogP contribution in [0.2, 0.25) is 0 Å². The fourth-order valence-electron chi connectivity index (χ4n) is 1.97. The Labute approximate surface area is 124 Å². The van der Waals surface area contributed by atoms with Crippen molar-refractivity contribution in [2.45, 2.75) is 19.8 Å². The van der Waals surface area contributed by atoms with E-state index in [1.165, 1.54) is 0 Å². The molecule has 21 heavy (non-hydrogen) atoms. The number of ether oxygens (including phenoxy) is 1. The van der Waals surface area contributed by atoms with E-state index in [0.29, 0.717) is 29.9 Å². The molecule has 0 heterocycles. The van der Waals surface area contributed by atoms with Crippen LogP contribution in [0.25, 0.3) is 0 Å². The number of phenols is 1. The summed E-state index contributed by atoms with van der Waals surface area (Å²) in [6.07, 6.45) is 2.98. The molecule has 0 aliphatic carbocycles. The van der Waals surface area contributed by atoms with E-state index in [0.717, 1.165) is 5.56 Å². The second-order valence-corrected chi connectivity index (χ2v) is 4.70. The lowest BCUT2D eigenvalue weighted by Gasteiger charge is -2.09. The van der Waals surface area contributed by atoms with Gasteiger partial charge in [0.05, 0.1) is 0 Å². The topological polar surface area (TPSA) is 46.5 Å². The summed E-state index contributed by atoms with van der Waals surface area (Å²) >= 11 is 0. The minimum atomic E-state index is 0.0801. The smallest absolute Gasteiger partial charge is 0.169 e. The Bertz CT molecular complexity index is 642. The molecule has 0 radical (unpaired) electrons. The molecule has 0 aliphatic rings. The molecule has 0 aromatic heterocycles. The third-order valence-corrected chi connectivity index (χ3v) is 3.13. The molecule has 2 aromatic rings. The molecule has 0 bridgehead atoms. The first kappa shape index (κ1) is 14.9. The quantitative estimate of drug-likeness (QED) is 0.626. The molecule has 2 aromatic carbocycles. The van der Waals surface area contributed by atoms with E-state index >= 15 is 0 Å². The monoisotopic (exact) mass is 282 g/mol. The summed E-state index contributed by atoms with van der Waals surface area (Å²) in [6, 6.07) is 12.1. The average molecular weight is 282 g/mol. The Hall–Kier alpha value is -2.55. The van der Waals surface area contributed by atoms with Gasteiger partial charge in [0.25, 0.3) is 0 Å². The number of aromatic hydroxyl groups is 1. The summed E-state index contributed by atoms with van der Waals surface area (Å²) in [5, 5.41) is 9.84. The molecule has 108 valence electrons. The lowest BCUT2D eigenvalue weighted by molar-refractivity contribution is 0.0988. The largest absolute Gasteiger partial charge is 0.504 e. The summed E-state index contributed by atoms with van der Waals surface area (Å²) < 4.78 is 5.67. The van der Waals surface area contributed by atoms with E-state index in [4.69, 9.17) is 4.74 Å². The highest BCUT2D eigenvalue weighted by molar-refractivity contribution is 5.95. The molecule has 0 saturated carbocycles. The van der Waals surface area contributed by atoms with Gasteiger partial charge in [0.15, 0.2) is 17.3 Å². The van der Waals surface area contributed by atoms with Gasteiger partial charge in [-0.05, 0) is 48.4 Å². The lowest BCUT2D eigenvalue weighted by Crippen LogP contribution is -1.95. The van der Waals surface area contributed by atoms with E-state index in [1.807, 2.05) is 13.0 Å². The van der Waals surface area contributed by atoms with Crippen LogP contribution in [0.4, 0.5) is 0 Å². The van der Waals surface area contributed by atoms with E-state index in [2.05, 4.69) is 6.58 Å². The van der Waals surface area contributed by atoms with Crippen molar-refractivity contribution in [1.29, 1.82) is 0 Å². The third-order valence-electron chi connectivity index (χ3n) is 3.13. The standard InChI is InChI=1S/C18H18O3/c1-3-5-13-6-11-17(20)18(12-13)21-15-9-7-14(8-10-15)16(19)4-2/h3,6-12,20H,1,4-5H2,2H3. The van der Waals surface area contributed by atoms with Gasteiger partial charge in [-0.3, -0.25) is 4.79 Å². The van der Waals surface area contributed by atoms with Crippen LogP contribution in [0.3, 0.4) is 0 Å². The van der Waals surface area contributed by atoms with Crippen molar-refractivity contribution in [2.24, 2.45) is 0 Å². The van der Waals surface area contributed by atoms with E-state index in [1.54, 1.807) is 42.5 Å². The molecule has 0 saturated heterocycles. The molecule has 0 fully saturated rings. The molecular formula is C18H18O3. The minimum Gasteiger partial charge on any atom is -0.504 e. The van der Waals surface area contributed by atoms with Crippen LogP contribution in [0.5, 0.6) is 17.2 Å². The Morgan fingerprint density at radius 2 is 1.95 bits per heavy atom. The second kappa shape index (κ2) is 6.75. The fourth-order valence-corrected chi connectivity index (χ4v) is 1.97. The van der Waals surface area contributed by atoms with E-state index in [-0.39, 0.29) is 11.5 Å². The number of allylic oxidation sites excluding steroid dienone is 1. The van der Waals surface area contributed by atoms with Crippen molar-refractivity contribution in [3.8, 4) is 17.2 Å². The van der Waals surface area contributed by atoms with Gasteiger partial charge < -0.3 is 9.84 Å². The minimum absolute atomic E-state index is 0.0801. The first-order valence-corrected chi connectivity index (χ1v) is 6.88. The van der Waals surface area contributed by atoms with Crippen LogP contribution in [-0.4, -0.2) is 10.9 Å². The van der Waals surface area contributed by atoms with Crippen LogP contribution >= 0.6 is 0 Å². The zero-order valence-electron chi connectivity index (χ0n) is 12.0. The zero-order chi connectivity index (χ0) is 15.2. The summed E-state index contributed by atoms with van der Waals surface area (Å²) in [5.41, 5.74) is 1.67.